The van der Waals surface area contributed by atoms with Crippen LogP contribution in [-0.4, -0.2) is 73.4 Å². The van der Waals surface area contributed by atoms with Crippen LogP contribution in [-0.2, 0) is 18.4 Å². The second-order valence-electron chi connectivity index (χ2n) is 26.3. The number of likely N-dealkylation sites (N-methyl/N-ethyl adjacent to an activating group) is 1. The van der Waals surface area contributed by atoms with E-state index in [9.17, 15) is 19.4 Å². The van der Waals surface area contributed by atoms with Crippen LogP contribution in [0.3, 0.4) is 0 Å². The van der Waals surface area contributed by atoms with Gasteiger partial charge in [0, 0.05) is 6.42 Å². The van der Waals surface area contributed by atoms with E-state index in [4.69, 9.17) is 9.05 Å². The summed E-state index contributed by atoms with van der Waals surface area (Å²) in [7, 11) is 1.63. The fourth-order valence-corrected chi connectivity index (χ4v) is 11.9. The number of hydrogen-bond donors (Lipinski definition) is 3. The Morgan fingerprint density at radius 3 is 1.05 bits per heavy atom. The number of nitrogens with one attached hydrogen (secondary N) is 1. The number of phosphoric ester groups is 1. The zero-order valence-corrected chi connectivity index (χ0v) is 57.5. The van der Waals surface area contributed by atoms with Crippen molar-refractivity contribution >= 4 is 13.7 Å². The van der Waals surface area contributed by atoms with E-state index >= 15 is 0 Å². The maximum Gasteiger partial charge on any atom is 0.472 e. The Morgan fingerprint density at radius 1 is 0.417 bits per heavy atom. The Bertz CT molecular complexity index is 1550. The third kappa shape index (κ3) is 67.7. The minimum absolute atomic E-state index is 0.0746. The van der Waals surface area contributed by atoms with Crippen molar-refractivity contribution < 1.29 is 32.9 Å². The third-order valence-electron chi connectivity index (χ3n) is 16.8. The van der Waals surface area contributed by atoms with Crippen LogP contribution in [0.4, 0.5) is 0 Å². The third-order valence-corrected chi connectivity index (χ3v) is 17.8. The van der Waals surface area contributed by atoms with Crippen molar-refractivity contribution in [2.75, 3.05) is 40.9 Å². The minimum Gasteiger partial charge on any atom is -0.391 e. The van der Waals surface area contributed by atoms with Gasteiger partial charge in [-0.15, -0.1) is 0 Å². The van der Waals surface area contributed by atoms with Gasteiger partial charge in [-0.2, -0.15) is 0 Å². The number of aliphatic hydroxyl groups excluding tert-OH is 1. The highest BCUT2D eigenvalue weighted by Gasteiger charge is 2.28. The first-order valence-corrected chi connectivity index (χ1v) is 38.1. The van der Waals surface area contributed by atoms with Gasteiger partial charge < -0.3 is 19.8 Å². The first-order chi connectivity index (χ1) is 41.0. The second kappa shape index (κ2) is 65.6. The maximum atomic E-state index is 13.1. The molecule has 0 aromatic heterocycles. The van der Waals surface area contributed by atoms with E-state index in [1.807, 2.05) is 21.1 Å². The Hall–Kier alpha value is -1.80. The van der Waals surface area contributed by atoms with Crippen molar-refractivity contribution in [1.29, 1.82) is 0 Å². The zero-order chi connectivity index (χ0) is 61.2. The summed E-state index contributed by atoms with van der Waals surface area (Å²) < 4.78 is 23.9. The van der Waals surface area contributed by atoms with Crippen molar-refractivity contribution in [3.05, 3.63) is 60.8 Å². The lowest BCUT2D eigenvalue weighted by molar-refractivity contribution is -0.870. The van der Waals surface area contributed by atoms with Crippen LogP contribution in [0, 0.1) is 0 Å². The van der Waals surface area contributed by atoms with Crippen molar-refractivity contribution in [3.63, 3.8) is 0 Å². The molecule has 0 aromatic rings. The van der Waals surface area contributed by atoms with Crippen LogP contribution < -0.4 is 5.32 Å². The summed E-state index contributed by atoms with van der Waals surface area (Å²) in [5, 5.41) is 14.2. The van der Waals surface area contributed by atoms with E-state index in [1.54, 1.807) is 0 Å². The molecule has 3 unspecified atom stereocenters. The summed E-state index contributed by atoms with van der Waals surface area (Å²) >= 11 is 0. The van der Waals surface area contributed by atoms with Gasteiger partial charge in [0.05, 0.1) is 39.9 Å². The molecule has 0 fully saturated rings. The normalized spacial score (nSPS) is 13.9. The standard InChI is InChI=1S/C75H143N2O6P/c1-6-8-10-12-14-16-18-20-22-24-26-28-30-32-34-36-38-40-42-44-46-48-50-52-54-56-58-60-62-64-66-68-74(78)73(72-83-84(80,81)82-71-70-77(3,4)5)76-75(79)69-67-65-63-61-59-57-55-53-51-49-47-45-43-41-39-37-35-33-31-29-27-25-23-21-19-17-15-13-11-9-7-2/h9,11,15,17,21,23,27,29,33,35,73-74,78H,6-8,10,12-14,16,18-20,22,24-26,28,30-32,34,36-72H2,1-5H3,(H-,76,79,80,81)/p+1/b11-9-,17-15-,23-21-,29-27-,35-33-. The lowest BCUT2D eigenvalue weighted by Crippen LogP contribution is -2.46. The number of amides is 1. The molecular weight excluding hydrogens is 1060 g/mol. The number of quaternary nitrogens is 1. The number of rotatable bonds is 68. The first kappa shape index (κ1) is 82.2. The van der Waals surface area contributed by atoms with Gasteiger partial charge in [-0.3, -0.25) is 13.8 Å². The van der Waals surface area contributed by atoms with Crippen molar-refractivity contribution in [2.45, 2.75) is 373 Å². The Morgan fingerprint density at radius 2 is 0.714 bits per heavy atom. The number of aliphatic hydroxyl groups is 1. The predicted molar refractivity (Wildman–Crippen MR) is 369 cm³/mol. The number of carbonyl (C=O) groups is 1. The second-order valence-corrected chi connectivity index (χ2v) is 27.8. The average molecular weight is 1200 g/mol. The van der Waals surface area contributed by atoms with Crippen molar-refractivity contribution in [1.82, 2.24) is 5.32 Å². The summed E-state index contributed by atoms with van der Waals surface area (Å²) in [5.41, 5.74) is 0. The lowest BCUT2D eigenvalue weighted by Gasteiger charge is -2.26. The smallest absolute Gasteiger partial charge is 0.391 e. The molecule has 0 aliphatic heterocycles. The van der Waals surface area contributed by atoms with Gasteiger partial charge >= 0.3 is 7.82 Å². The predicted octanol–water partition coefficient (Wildman–Crippen LogP) is 23.6. The van der Waals surface area contributed by atoms with Gasteiger partial charge in [0.25, 0.3) is 0 Å². The zero-order valence-electron chi connectivity index (χ0n) is 56.7. The topological polar surface area (TPSA) is 105 Å². The monoisotopic (exact) mass is 1200 g/mol. The van der Waals surface area contributed by atoms with E-state index in [0.29, 0.717) is 23.9 Å². The Kier molecular flexibility index (Phi) is 64.2. The highest BCUT2D eigenvalue weighted by Crippen LogP contribution is 2.43. The molecule has 9 heteroatoms. The Labute approximate surface area is 523 Å². The van der Waals surface area contributed by atoms with Crippen LogP contribution in [0.2, 0.25) is 0 Å². The number of phosphoric acid groups is 1. The van der Waals surface area contributed by atoms with E-state index in [-0.39, 0.29) is 19.1 Å². The quantitative estimate of drug-likeness (QED) is 0.0243. The SMILES string of the molecule is CC/C=C\C/C=C\C/C=C\C/C=C\C/C=C\CCCCCCCCCCCCCCCCCC(=O)NC(COP(=O)(O)OCC[N+](C)(C)C)C(O)CCCCCCCCCCCCCCCCCCCCCCCCCCCCCCCCC. The molecule has 1 amide bonds. The van der Waals surface area contributed by atoms with E-state index in [2.05, 4.69) is 79.9 Å². The highest BCUT2D eigenvalue weighted by atomic mass is 31.2. The molecule has 84 heavy (non-hydrogen) atoms. The molecule has 3 N–H and O–H groups in total. The van der Waals surface area contributed by atoms with Gasteiger partial charge in [0.1, 0.15) is 13.2 Å². The van der Waals surface area contributed by atoms with Gasteiger partial charge in [0.15, 0.2) is 0 Å². The molecule has 494 valence electrons. The molecule has 3 atom stereocenters. The summed E-state index contributed by atoms with van der Waals surface area (Å²) in [6.45, 7) is 4.83. The molecular formula is C75H144N2O6P+. The molecule has 0 rings (SSSR count). The first-order valence-electron chi connectivity index (χ1n) is 36.7. The van der Waals surface area contributed by atoms with Gasteiger partial charge in [-0.05, 0) is 57.8 Å². The summed E-state index contributed by atoms with van der Waals surface area (Å²) in [6, 6.07) is -0.765. The van der Waals surface area contributed by atoms with Crippen LogP contribution >= 0.6 is 7.82 Å². The molecule has 0 aliphatic rings. The average Bonchev–Trinajstić information content (AvgIpc) is 3.56. The molecule has 0 aliphatic carbocycles. The van der Waals surface area contributed by atoms with Gasteiger partial charge in [-0.1, -0.05) is 357 Å². The van der Waals surface area contributed by atoms with E-state index in [0.717, 1.165) is 70.6 Å². The van der Waals surface area contributed by atoms with Crippen LogP contribution in [0.25, 0.3) is 0 Å². The van der Waals surface area contributed by atoms with Gasteiger partial charge in [0.2, 0.25) is 5.91 Å². The number of allylic oxidation sites excluding steroid dienone is 10. The fraction of sp³-hybridized carbons (Fsp3) is 0.853. The largest absolute Gasteiger partial charge is 0.472 e. The number of carbonyl (C=O) groups excluding carboxylic acids is 1. The number of unbranched alkanes of at least 4 members (excludes halogenated alkanes) is 45. The molecule has 0 saturated carbocycles. The number of hydrogen-bond acceptors (Lipinski definition) is 5. The maximum absolute atomic E-state index is 13.1. The van der Waals surface area contributed by atoms with Crippen LogP contribution in [0.1, 0.15) is 361 Å². The molecule has 0 aromatic carbocycles. The van der Waals surface area contributed by atoms with Crippen molar-refractivity contribution in [3.8, 4) is 0 Å². The molecule has 0 heterocycles. The summed E-state index contributed by atoms with van der Waals surface area (Å²) in [4.78, 5) is 23.5. The van der Waals surface area contributed by atoms with Crippen LogP contribution in [0.5, 0.6) is 0 Å². The Balaban J connectivity index is 4.00. The lowest BCUT2D eigenvalue weighted by atomic mass is 10.0. The molecule has 0 spiro atoms. The summed E-state index contributed by atoms with van der Waals surface area (Å²) in [6.07, 6.45) is 90.5. The number of nitrogens with zero attached hydrogens (tertiary/aromatic N) is 1. The van der Waals surface area contributed by atoms with E-state index in [1.165, 1.54) is 263 Å². The molecule has 0 saturated heterocycles. The van der Waals surface area contributed by atoms with Gasteiger partial charge in [-0.25, -0.2) is 4.57 Å². The molecule has 0 radical (unpaired) electrons. The molecule has 0 bridgehead atoms. The summed E-state index contributed by atoms with van der Waals surface area (Å²) in [5.74, 6) is -0.140. The van der Waals surface area contributed by atoms with Crippen LogP contribution in [0.15, 0.2) is 60.8 Å². The minimum atomic E-state index is -4.33. The highest BCUT2D eigenvalue weighted by molar-refractivity contribution is 7.47. The van der Waals surface area contributed by atoms with Crippen molar-refractivity contribution in [2.24, 2.45) is 0 Å². The fourth-order valence-electron chi connectivity index (χ4n) is 11.1. The van der Waals surface area contributed by atoms with E-state index < -0.39 is 20.0 Å². The molecule has 8 nitrogen and oxygen atoms in total.